The molecule has 2 N–H and O–H groups in total. The molecule has 1 rings (SSSR count). The van der Waals surface area contributed by atoms with Gasteiger partial charge in [0.25, 0.3) is 0 Å². The van der Waals surface area contributed by atoms with E-state index in [-0.39, 0.29) is 6.04 Å². The second-order valence-electron chi connectivity index (χ2n) is 4.82. The minimum absolute atomic E-state index is 0.0203. The summed E-state index contributed by atoms with van der Waals surface area (Å²) in [5, 5.41) is 13.7. The Bertz CT molecular complexity index is 395. The second-order valence-corrected chi connectivity index (χ2v) is 4.82. The average Bonchev–Trinajstić information content (AvgIpc) is 2.45. The molecule has 0 aliphatic carbocycles. The van der Waals surface area contributed by atoms with Crippen LogP contribution < -0.4 is 14.8 Å². The largest absolute Gasteiger partial charge is 0.493 e. The summed E-state index contributed by atoms with van der Waals surface area (Å²) in [6.07, 6.45) is 0.456. The van der Waals surface area contributed by atoms with Crippen molar-refractivity contribution in [2.24, 2.45) is 0 Å². The quantitative estimate of drug-likeness (QED) is 0.797. The van der Waals surface area contributed by atoms with Crippen molar-refractivity contribution in [3.63, 3.8) is 0 Å². The first-order valence-electron chi connectivity index (χ1n) is 6.69. The van der Waals surface area contributed by atoms with Gasteiger partial charge in [0.1, 0.15) is 0 Å². The highest BCUT2D eigenvalue weighted by Gasteiger charge is 2.19. The molecule has 0 radical (unpaired) electrons. The molecule has 4 nitrogen and oxygen atoms in total. The van der Waals surface area contributed by atoms with Gasteiger partial charge >= 0.3 is 0 Å². The number of aliphatic hydroxyl groups excluding tert-OH is 1. The molecule has 0 amide bonds. The molecule has 1 aromatic carbocycles. The number of rotatable bonds is 7. The summed E-state index contributed by atoms with van der Waals surface area (Å²) in [5.74, 6) is 1.30. The van der Waals surface area contributed by atoms with Crippen molar-refractivity contribution in [1.29, 1.82) is 0 Å². The summed E-state index contributed by atoms with van der Waals surface area (Å²) in [6, 6.07) is 5.85. The van der Waals surface area contributed by atoms with Gasteiger partial charge in [-0.2, -0.15) is 0 Å². The van der Waals surface area contributed by atoms with Crippen molar-refractivity contribution in [2.75, 3.05) is 14.2 Å². The number of hydrogen-bond donors (Lipinski definition) is 2. The van der Waals surface area contributed by atoms with Crippen LogP contribution in [0.3, 0.4) is 0 Å². The third-order valence-electron chi connectivity index (χ3n) is 3.38. The summed E-state index contributed by atoms with van der Waals surface area (Å²) in [6.45, 7) is 6.21. The normalized spacial score (nSPS) is 15.7. The van der Waals surface area contributed by atoms with Crippen LogP contribution in [-0.2, 0) is 0 Å². The Balaban J connectivity index is 2.84. The second kappa shape index (κ2) is 7.36. The van der Waals surface area contributed by atoms with Crippen LogP contribution in [0.15, 0.2) is 18.2 Å². The predicted molar refractivity (Wildman–Crippen MR) is 76.9 cm³/mol. The van der Waals surface area contributed by atoms with E-state index < -0.39 is 6.10 Å². The zero-order valence-corrected chi connectivity index (χ0v) is 12.4. The van der Waals surface area contributed by atoms with E-state index in [2.05, 4.69) is 19.2 Å². The predicted octanol–water partition coefficient (Wildman–Crippen LogP) is 2.51. The molecule has 0 aliphatic heterocycles. The lowest BCUT2D eigenvalue weighted by atomic mass is 10.0. The molecule has 3 unspecified atom stereocenters. The van der Waals surface area contributed by atoms with Crippen LogP contribution in [0.25, 0.3) is 0 Å². The lowest BCUT2D eigenvalue weighted by Gasteiger charge is -2.24. The minimum atomic E-state index is -0.575. The molecular weight excluding hydrogens is 242 g/mol. The van der Waals surface area contributed by atoms with Gasteiger partial charge in [-0.05, 0) is 38.0 Å². The summed E-state index contributed by atoms with van der Waals surface area (Å²) in [4.78, 5) is 0. The Morgan fingerprint density at radius 3 is 2.32 bits per heavy atom. The van der Waals surface area contributed by atoms with Crippen molar-refractivity contribution in [1.82, 2.24) is 5.32 Å². The van der Waals surface area contributed by atoms with E-state index >= 15 is 0 Å². The molecule has 0 heterocycles. The summed E-state index contributed by atoms with van der Waals surface area (Å²) in [7, 11) is 3.19. The van der Waals surface area contributed by atoms with Gasteiger partial charge in [-0.15, -0.1) is 0 Å². The standard InChI is InChI=1S/C15H25NO3/c1-6-10(2)16-11(3)15(17)12-7-8-13(18-4)14(9-12)19-5/h7-11,15-17H,6H2,1-5H3. The van der Waals surface area contributed by atoms with Gasteiger partial charge in [-0.3, -0.25) is 0 Å². The highest BCUT2D eigenvalue weighted by Crippen LogP contribution is 2.30. The van der Waals surface area contributed by atoms with Crippen LogP contribution in [0.1, 0.15) is 38.9 Å². The number of aliphatic hydroxyl groups is 1. The molecule has 0 aromatic heterocycles. The lowest BCUT2D eigenvalue weighted by Crippen LogP contribution is -2.38. The smallest absolute Gasteiger partial charge is 0.161 e. The van der Waals surface area contributed by atoms with Crippen molar-refractivity contribution in [3.8, 4) is 11.5 Å². The Kier molecular flexibility index (Phi) is 6.12. The molecule has 1 aromatic rings. The Labute approximate surface area is 115 Å². The van der Waals surface area contributed by atoms with E-state index in [1.54, 1.807) is 14.2 Å². The fourth-order valence-corrected chi connectivity index (χ4v) is 1.98. The fraction of sp³-hybridized carbons (Fsp3) is 0.600. The van der Waals surface area contributed by atoms with Crippen molar-refractivity contribution < 1.29 is 14.6 Å². The van der Waals surface area contributed by atoms with E-state index in [1.807, 2.05) is 25.1 Å². The number of methoxy groups -OCH3 is 2. The Hall–Kier alpha value is -1.26. The maximum Gasteiger partial charge on any atom is 0.161 e. The monoisotopic (exact) mass is 267 g/mol. The van der Waals surface area contributed by atoms with Gasteiger partial charge in [0.15, 0.2) is 11.5 Å². The highest BCUT2D eigenvalue weighted by atomic mass is 16.5. The third kappa shape index (κ3) is 4.11. The first-order valence-corrected chi connectivity index (χ1v) is 6.69. The Morgan fingerprint density at radius 1 is 1.16 bits per heavy atom. The molecule has 19 heavy (non-hydrogen) atoms. The Morgan fingerprint density at radius 2 is 1.79 bits per heavy atom. The highest BCUT2D eigenvalue weighted by molar-refractivity contribution is 5.43. The molecular formula is C15H25NO3. The molecule has 0 spiro atoms. The van der Waals surface area contributed by atoms with Crippen molar-refractivity contribution >= 4 is 0 Å². The van der Waals surface area contributed by atoms with E-state index in [4.69, 9.17) is 9.47 Å². The first-order chi connectivity index (χ1) is 9.03. The van der Waals surface area contributed by atoms with Crippen LogP contribution in [-0.4, -0.2) is 31.4 Å². The number of hydrogen-bond acceptors (Lipinski definition) is 4. The average molecular weight is 267 g/mol. The molecule has 0 bridgehead atoms. The van der Waals surface area contributed by atoms with Crippen LogP contribution in [0.2, 0.25) is 0 Å². The van der Waals surface area contributed by atoms with Crippen LogP contribution in [0.5, 0.6) is 11.5 Å². The molecule has 4 heteroatoms. The fourth-order valence-electron chi connectivity index (χ4n) is 1.98. The molecule has 108 valence electrons. The van der Waals surface area contributed by atoms with Crippen LogP contribution >= 0.6 is 0 Å². The van der Waals surface area contributed by atoms with E-state index in [0.29, 0.717) is 17.5 Å². The summed E-state index contributed by atoms with van der Waals surface area (Å²) >= 11 is 0. The number of ether oxygens (including phenoxy) is 2. The SMILES string of the molecule is CCC(C)NC(C)C(O)c1ccc(OC)c(OC)c1. The molecule has 0 aliphatic rings. The minimum Gasteiger partial charge on any atom is -0.493 e. The van der Waals surface area contributed by atoms with E-state index in [9.17, 15) is 5.11 Å². The summed E-state index contributed by atoms with van der Waals surface area (Å²) in [5.41, 5.74) is 0.820. The lowest BCUT2D eigenvalue weighted by molar-refractivity contribution is 0.130. The van der Waals surface area contributed by atoms with E-state index in [1.165, 1.54) is 0 Å². The van der Waals surface area contributed by atoms with Gasteiger partial charge in [-0.1, -0.05) is 13.0 Å². The van der Waals surface area contributed by atoms with Gasteiger partial charge in [-0.25, -0.2) is 0 Å². The summed E-state index contributed by atoms with van der Waals surface area (Å²) < 4.78 is 10.4. The van der Waals surface area contributed by atoms with Crippen LogP contribution in [0.4, 0.5) is 0 Å². The topological polar surface area (TPSA) is 50.7 Å². The maximum atomic E-state index is 10.4. The van der Waals surface area contributed by atoms with Gasteiger partial charge < -0.3 is 19.9 Å². The third-order valence-corrected chi connectivity index (χ3v) is 3.38. The van der Waals surface area contributed by atoms with E-state index in [0.717, 1.165) is 12.0 Å². The molecule has 3 atom stereocenters. The van der Waals surface area contributed by atoms with Crippen molar-refractivity contribution in [3.05, 3.63) is 23.8 Å². The van der Waals surface area contributed by atoms with Gasteiger partial charge in [0, 0.05) is 12.1 Å². The first kappa shape index (κ1) is 15.8. The van der Waals surface area contributed by atoms with Crippen molar-refractivity contribution in [2.45, 2.75) is 45.4 Å². The van der Waals surface area contributed by atoms with Gasteiger partial charge in [0.05, 0.1) is 20.3 Å². The molecule has 0 fully saturated rings. The maximum absolute atomic E-state index is 10.4. The van der Waals surface area contributed by atoms with Crippen LogP contribution in [0, 0.1) is 0 Å². The zero-order valence-electron chi connectivity index (χ0n) is 12.4. The van der Waals surface area contributed by atoms with Gasteiger partial charge in [0.2, 0.25) is 0 Å². The molecule has 0 saturated carbocycles. The number of benzene rings is 1. The zero-order chi connectivity index (χ0) is 14.4. The molecule has 0 saturated heterocycles. The number of nitrogens with one attached hydrogen (secondary N) is 1.